The van der Waals surface area contributed by atoms with Crippen molar-refractivity contribution in [3.05, 3.63) is 40.7 Å². The van der Waals surface area contributed by atoms with E-state index >= 15 is 0 Å². The van der Waals surface area contributed by atoms with Crippen LogP contribution in [0.4, 0.5) is 10.2 Å². The van der Waals surface area contributed by atoms with Crippen LogP contribution in [0.1, 0.15) is 29.2 Å². The molecule has 0 atom stereocenters. The lowest BCUT2D eigenvalue weighted by atomic mass is 10.1. The topological polar surface area (TPSA) is 67.7 Å². The van der Waals surface area contributed by atoms with E-state index < -0.39 is 0 Å². The number of aromatic nitrogens is 2. The highest BCUT2D eigenvalue weighted by Crippen LogP contribution is 2.34. The second-order valence-electron chi connectivity index (χ2n) is 6.50. The standard InChI is InChI=1S/C19H23FN4O2S/c1-11(2)22-18(25)16-12(3)24-17(21-8-9-26-4)15(23-19(24)27-16)13-6-5-7-14(20)10-13/h5-7,10-11,21H,8-9H2,1-4H3,(H,22,25). The van der Waals surface area contributed by atoms with Crippen LogP contribution in [0.15, 0.2) is 24.3 Å². The Balaban J connectivity index is 2.11. The van der Waals surface area contributed by atoms with Gasteiger partial charge in [0, 0.05) is 31.0 Å². The predicted molar refractivity (Wildman–Crippen MR) is 106 cm³/mol. The van der Waals surface area contributed by atoms with Gasteiger partial charge in [-0.15, -0.1) is 0 Å². The Bertz CT molecular complexity index is 964. The molecule has 0 radical (unpaired) electrons. The second-order valence-corrected chi connectivity index (χ2v) is 7.48. The molecule has 2 heterocycles. The van der Waals surface area contributed by atoms with Gasteiger partial charge in [0.1, 0.15) is 22.2 Å². The van der Waals surface area contributed by atoms with Crippen molar-refractivity contribution in [2.45, 2.75) is 26.8 Å². The molecule has 0 aliphatic rings. The number of nitrogens with one attached hydrogen (secondary N) is 2. The summed E-state index contributed by atoms with van der Waals surface area (Å²) < 4.78 is 20.8. The number of halogens is 1. The minimum Gasteiger partial charge on any atom is -0.383 e. The molecule has 2 N–H and O–H groups in total. The van der Waals surface area contributed by atoms with E-state index in [0.29, 0.717) is 34.2 Å². The first kappa shape index (κ1) is 19.3. The number of anilines is 1. The van der Waals surface area contributed by atoms with Crippen LogP contribution in [0.3, 0.4) is 0 Å². The van der Waals surface area contributed by atoms with Gasteiger partial charge < -0.3 is 15.4 Å². The minimum absolute atomic E-state index is 0.0495. The Kier molecular flexibility index (Phi) is 5.76. The van der Waals surface area contributed by atoms with Crippen molar-refractivity contribution in [2.75, 3.05) is 25.6 Å². The maximum absolute atomic E-state index is 13.7. The number of rotatable bonds is 7. The number of carbonyl (C=O) groups is 1. The first-order chi connectivity index (χ1) is 12.9. The van der Waals surface area contributed by atoms with Gasteiger partial charge in [-0.25, -0.2) is 9.37 Å². The molecule has 144 valence electrons. The van der Waals surface area contributed by atoms with Crippen molar-refractivity contribution >= 4 is 28.0 Å². The lowest BCUT2D eigenvalue weighted by Gasteiger charge is -2.10. The van der Waals surface area contributed by atoms with Crippen molar-refractivity contribution in [3.63, 3.8) is 0 Å². The second kappa shape index (κ2) is 8.06. The highest BCUT2D eigenvalue weighted by atomic mass is 32.1. The summed E-state index contributed by atoms with van der Waals surface area (Å²) in [5.41, 5.74) is 2.12. The SMILES string of the molecule is COCCNc1c(-c2cccc(F)c2)nc2sc(C(=O)NC(C)C)c(C)n12. The first-order valence-corrected chi connectivity index (χ1v) is 9.55. The van der Waals surface area contributed by atoms with Crippen LogP contribution < -0.4 is 10.6 Å². The quantitative estimate of drug-likeness (QED) is 0.604. The molecule has 0 aliphatic carbocycles. The Labute approximate surface area is 161 Å². The zero-order valence-corrected chi connectivity index (χ0v) is 16.6. The minimum atomic E-state index is -0.319. The zero-order valence-electron chi connectivity index (χ0n) is 15.8. The number of hydrogen-bond donors (Lipinski definition) is 2. The Morgan fingerprint density at radius 2 is 2.19 bits per heavy atom. The van der Waals surface area contributed by atoms with Gasteiger partial charge in [-0.3, -0.25) is 9.20 Å². The third-order valence-electron chi connectivity index (χ3n) is 4.03. The molecule has 0 fully saturated rings. The summed E-state index contributed by atoms with van der Waals surface area (Å²) in [5.74, 6) is 0.290. The maximum atomic E-state index is 13.7. The molecule has 0 bridgehead atoms. The lowest BCUT2D eigenvalue weighted by molar-refractivity contribution is 0.0946. The van der Waals surface area contributed by atoms with E-state index in [4.69, 9.17) is 4.74 Å². The summed E-state index contributed by atoms with van der Waals surface area (Å²) in [5, 5.41) is 6.23. The fourth-order valence-electron chi connectivity index (χ4n) is 2.86. The third-order valence-corrected chi connectivity index (χ3v) is 5.17. The zero-order chi connectivity index (χ0) is 19.6. The van der Waals surface area contributed by atoms with Gasteiger partial charge in [-0.05, 0) is 32.9 Å². The average Bonchev–Trinajstić information content (AvgIpc) is 3.12. The number of imidazole rings is 1. The molecule has 6 nitrogen and oxygen atoms in total. The number of carbonyl (C=O) groups excluding carboxylic acids is 1. The number of benzene rings is 1. The molecule has 8 heteroatoms. The summed E-state index contributed by atoms with van der Waals surface area (Å²) >= 11 is 1.32. The van der Waals surface area contributed by atoms with Crippen molar-refractivity contribution in [1.82, 2.24) is 14.7 Å². The van der Waals surface area contributed by atoms with Crippen molar-refractivity contribution < 1.29 is 13.9 Å². The van der Waals surface area contributed by atoms with Gasteiger partial charge in [0.05, 0.1) is 6.61 Å². The van der Waals surface area contributed by atoms with Crippen LogP contribution in [0, 0.1) is 12.7 Å². The number of aryl methyl sites for hydroxylation is 1. The molecule has 0 unspecified atom stereocenters. The molecule has 0 saturated carbocycles. The largest absolute Gasteiger partial charge is 0.383 e. The number of hydrogen-bond acceptors (Lipinski definition) is 5. The van der Waals surface area contributed by atoms with Crippen molar-refractivity contribution in [3.8, 4) is 11.3 Å². The summed E-state index contributed by atoms with van der Waals surface area (Å²) in [6.45, 7) is 6.81. The number of methoxy groups -OCH3 is 1. The van der Waals surface area contributed by atoms with Crippen molar-refractivity contribution in [1.29, 1.82) is 0 Å². The fourth-order valence-corrected chi connectivity index (χ4v) is 3.89. The van der Waals surface area contributed by atoms with E-state index in [0.717, 1.165) is 11.5 Å². The normalized spacial score (nSPS) is 11.3. The Hall–Kier alpha value is -2.45. The molecule has 1 aromatic carbocycles. The molecule has 2 aromatic heterocycles. The molecule has 0 saturated heterocycles. The average molecular weight is 390 g/mol. The smallest absolute Gasteiger partial charge is 0.263 e. The van der Waals surface area contributed by atoms with E-state index in [9.17, 15) is 9.18 Å². The van der Waals surface area contributed by atoms with Crippen LogP contribution in [0.2, 0.25) is 0 Å². The van der Waals surface area contributed by atoms with E-state index in [1.165, 1.54) is 23.5 Å². The van der Waals surface area contributed by atoms with Gasteiger partial charge in [-0.2, -0.15) is 0 Å². The number of thiazole rings is 1. The van der Waals surface area contributed by atoms with Gasteiger partial charge >= 0.3 is 0 Å². The molecule has 0 aliphatic heterocycles. The Morgan fingerprint density at radius 3 is 2.85 bits per heavy atom. The molecule has 3 aromatic rings. The van der Waals surface area contributed by atoms with Crippen LogP contribution in [-0.4, -0.2) is 41.6 Å². The number of fused-ring (bicyclic) bond motifs is 1. The fraction of sp³-hybridized carbons (Fsp3) is 0.368. The molecular formula is C19H23FN4O2S. The van der Waals surface area contributed by atoms with Gasteiger partial charge in [0.2, 0.25) is 0 Å². The monoisotopic (exact) mass is 390 g/mol. The van der Waals surface area contributed by atoms with Crippen LogP contribution in [-0.2, 0) is 4.74 Å². The summed E-state index contributed by atoms with van der Waals surface area (Å²) in [6.07, 6.45) is 0. The lowest BCUT2D eigenvalue weighted by Crippen LogP contribution is -2.30. The van der Waals surface area contributed by atoms with E-state index in [1.54, 1.807) is 13.2 Å². The molecule has 3 rings (SSSR count). The van der Waals surface area contributed by atoms with Crippen LogP contribution >= 0.6 is 11.3 Å². The summed E-state index contributed by atoms with van der Waals surface area (Å²) in [4.78, 5) is 18.5. The van der Waals surface area contributed by atoms with Gasteiger partial charge in [-0.1, -0.05) is 23.5 Å². The van der Waals surface area contributed by atoms with E-state index in [-0.39, 0.29) is 17.8 Å². The van der Waals surface area contributed by atoms with Crippen LogP contribution in [0.5, 0.6) is 0 Å². The van der Waals surface area contributed by atoms with Gasteiger partial charge in [0.25, 0.3) is 5.91 Å². The molecule has 0 spiro atoms. The van der Waals surface area contributed by atoms with E-state index in [2.05, 4.69) is 15.6 Å². The highest BCUT2D eigenvalue weighted by Gasteiger charge is 2.23. The van der Waals surface area contributed by atoms with E-state index in [1.807, 2.05) is 31.2 Å². The molecule has 27 heavy (non-hydrogen) atoms. The predicted octanol–water partition coefficient (Wildman–Crippen LogP) is 3.71. The third kappa shape index (κ3) is 3.96. The molecule has 1 amide bonds. The van der Waals surface area contributed by atoms with Gasteiger partial charge in [0.15, 0.2) is 4.96 Å². The number of amides is 1. The maximum Gasteiger partial charge on any atom is 0.263 e. The Morgan fingerprint density at radius 1 is 1.41 bits per heavy atom. The number of ether oxygens (including phenoxy) is 1. The molecular weight excluding hydrogens is 367 g/mol. The summed E-state index contributed by atoms with van der Waals surface area (Å²) in [6, 6.07) is 6.38. The van der Waals surface area contributed by atoms with Crippen LogP contribution in [0.25, 0.3) is 16.2 Å². The highest BCUT2D eigenvalue weighted by molar-refractivity contribution is 7.19. The number of nitrogens with zero attached hydrogens (tertiary/aromatic N) is 2. The first-order valence-electron chi connectivity index (χ1n) is 8.73. The summed E-state index contributed by atoms with van der Waals surface area (Å²) in [7, 11) is 1.63. The van der Waals surface area contributed by atoms with Crippen molar-refractivity contribution in [2.24, 2.45) is 0 Å².